The molecule has 0 spiro atoms. The predicted molar refractivity (Wildman–Crippen MR) is 97.5 cm³/mol. The topological polar surface area (TPSA) is 54.6 Å². The Morgan fingerprint density at radius 2 is 1.92 bits per heavy atom. The summed E-state index contributed by atoms with van der Waals surface area (Å²) >= 11 is 1.35. The van der Waals surface area contributed by atoms with Crippen molar-refractivity contribution in [2.45, 2.75) is 31.7 Å². The van der Waals surface area contributed by atoms with Crippen LogP contribution in [0.25, 0.3) is 17.4 Å². The third-order valence-corrected chi connectivity index (χ3v) is 5.23. The average molecular weight is 356 g/mol. The third-order valence-electron chi connectivity index (χ3n) is 4.30. The van der Waals surface area contributed by atoms with Crippen LogP contribution in [-0.4, -0.2) is 17.1 Å². The molecule has 0 unspecified atom stereocenters. The highest BCUT2D eigenvalue weighted by molar-refractivity contribution is 8.18. The van der Waals surface area contributed by atoms with E-state index >= 15 is 0 Å². The summed E-state index contributed by atoms with van der Waals surface area (Å²) in [6.45, 7) is 0. The van der Waals surface area contributed by atoms with E-state index in [9.17, 15) is 9.18 Å². The normalized spacial score (nSPS) is 21.4. The highest BCUT2D eigenvalue weighted by atomic mass is 32.2. The Kier molecular flexibility index (Phi) is 4.44. The van der Waals surface area contributed by atoms with Gasteiger partial charge in [-0.1, -0.05) is 12.8 Å². The minimum Gasteiger partial charge on any atom is -0.457 e. The third kappa shape index (κ3) is 3.69. The van der Waals surface area contributed by atoms with Crippen molar-refractivity contribution in [1.82, 2.24) is 5.32 Å². The van der Waals surface area contributed by atoms with Crippen LogP contribution in [0.4, 0.5) is 4.39 Å². The molecule has 2 aromatic rings. The Morgan fingerprint density at radius 1 is 1.16 bits per heavy atom. The van der Waals surface area contributed by atoms with Gasteiger partial charge in [0.2, 0.25) is 0 Å². The lowest BCUT2D eigenvalue weighted by atomic mass is 10.2. The van der Waals surface area contributed by atoms with Gasteiger partial charge >= 0.3 is 0 Å². The van der Waals surface area contributed by atoms with Crippen LogP contribution in [0, 0.1) is 5.82 Å². The lowest BCUT2D eigenvalue weighted by Crippen LogP contribution is -2.21. The molecule has 0 bridgehead atoms. The molecule has 1 amide bonds. The zero-order chi connectivity index (χ0) is 17.2. The van der Waals surface area contributed by atoms with Gasteiger partial charge in [0.15, 0.2) is 5.17 Å². The molecule has 0 radical (unpaired) electrons. The highest BCUT2D eigenvalue weighted by Crippen LogP contribution is 2.30. The fraction of sp³-hybridized carbons (Fsp3) is 0.263. The first kappa shape index (κ1) is 16.1. The molecule has 1 saturated heterocycles. The molecular weight excluding hydrogens is 339 g/mol. The number of amides is 1. The standard InChI is InChI=1S/C19H17FN2O2S/c20-13-7-5-12(6-8-13)16-10-9-15(24-16)11-17-18(23)22-19(25-17)21-14-3-1-2-4-14/h5-11,14H,1-4H2,(H,21,22,23). The zero-order valence-corrected chi connectivity index (χ0v) is 14.3. The largest absolute Gasteiger partial charge is 0.457 e. The second-order valence-electron chi connectivity index (χ2n) is 6.15. The van der Waals surface area contributed by atoms with Crippen LogP contribution in [0.3, 0.4) is 0 Å². The molecule has 25 heavy (non-hydrogen) atoms. The highest BCUT2D eigenvalue weighted by Gasteiger charge is 2.26. The molecule has 128 valence electrons. The van der Waals surface area contributed by atoms with Crippen LogP contribution in [0.1, 0.15) is 31.4 Å². The fourth-order valence-electron chi connectivity index (χ4n) is 3.02. The molecule has 1 aliphatic carbocycles. The van der Waals surface area contributed by atoms with E-state index in [0.717, 1.165) is 18.4 Å². The summed E-state index contributed by atoms with van der Waals surface area (Å²) in [7, 11) is 0. The Labute approximate surface area is 149 Å². The maximum atomic E-state index is 13.0. The van der Waals surface area contributed by atoms with Crippen LogP contribution < -0.4 is 5.32 Å². The van der Waals surface area contributed by atoms with Gasteiger partial charge in [0.1, 0.15) is 17.3 Å². The van der Waals surface area contributed by atoms with Gasteiger partial charge in [-0.25, -0.2) is 4.39 Å². The lowest BCUT2D eigenvalue weighted by molar-refractivity contribution is -0.115. The lowest BCUT2D eigenvalue weighted by Gasteiger charge is -2.02. The quantitative estimate of drug-likeness (QED) is 0.819. The number of thioether (sulfide) groups is 1. The van der Waals surface area contributed by atoms with Gasteiger partial charge in [0.05, 0.1) is 10.9 Å². The summed E-state index contributed by atoms with van der Waals surface area (Å²) in [5, 5.41) is 3.49. The zero-order valence-electron chi connectivity index (χ0n) is 13.5. The van der Waals surface area contributed by atoms with Crippen LogP contribution in [-0.2, 0) is 4.79 Å². The van der Waals surface area contributed by atoms with Gasteiger partial charge in [-0.15, -0.1) is 0 Å². The number of hydrogen-bond acceptors (Lipinski definition) is 4. The van der Waals surface area contributed by atoms with E-state index < -0.39 is 0 Å². The van der Waals surface area contributed by atoms with E-state index in [2.05, 4.69) is 10.3 Å². The van der Waals surface area contributed by atoms with Gasteiger partial charge in [-0.3, -0.25) is 9.79 Å². The van der Waals surface area contributed by atoms with Gasteiger partial charge < -0.3 is 9.73 Å². The van der Waals surface area contributed by atoms with E-state index in [4.69, 9.17) is 4.42 Å². The van der Waals surface area contributed by atoms with Gasteiger partial charge in [-0.05, 0) is 61.0 Å². The first-order valence-electron chi connectivity index (χ1n) is 8.32. The summed E-state index contributed by atoms with van der Waals surface area (Å²) < 4.78 is 18.8. The number of furan rings is 1. The molecule has 6 heteroatoms. The summed E-state index contributed by atoms with van der Waals surface area (Å²) in [5.41, 5.74) is 0.790. The maximum absolute atomic E-state index is 13.0. The van der Waals surface area contributed by atoms with E-state index in [1.54, 1.807) is 24.3 Å². The van der Waals surface area contributed by atoms with E-state index in [0.29, 0.717) is 27.6 Å². The molecule has 0 atom stereocenters. The van der Waals surface area contributed by atoms with Crippen LogP contribution in [0.5, 0.6) is 0 Å². The number of benzene rings is 1. The number of carbonyl (C=O) groups excluding carboxylic acids is 1. The summed E-state index contributed by atoms with van der Waals surface area (Å²) in [4.78, 5) is 17.3. The van der Waals surface area contributed by atoms with Crippen molar-refractivity contribution in [3.8, 4) is 11.3 Å². The van der Waals surface area contributed by atoms with Gasteiger partial charge in [0, 0.05) is 11.6 Å². The van der Waals surface area contributed by atoms with Crippen LogP contribution in [0.15, 0.2) is 50.7 Å². The molecular formula is C19H17FN2O2S. The predicted octanol–water partition coefficient (Wildman–Crippen LogP) is 4.59. The first-order valence-corrected chi connectivity index (χ1v) is 9.13. The smallest absolute Gasteiger partial charge is 0.264 e. The second kappa shape index (κ2) is 6.88. The minimum atomic E-state index is -0.286. The van der Waals surface area contributed by atoms with Crippen molar-refractivity contribution >= 4 is 28.9 Å². The molecule has 2 heterocycles. The van der Waals surface area contributed by atoms with E-state index in [1.807, 2.05) is 6.07 Å². The summed E-state index contributed by atoms with van der Waals surface area (Å²) in [5.74, 6) is 0.779. The Morgan fingerprint density at radius 3 is 2.68 bits per heavy atom. The first-order chi connectivity index (χ1) is 12.2. The number of carbonyl (C=O) groups is 1. The molecule has 1 aromatic carbocycles. The molecule has 1 aromatic heterocycles. The van der Waals surface area contributed by atoms with E-state index in [-0.39, 0.29) is 11.7 Å². The van der Waals surface area contributed by atoms with Crippen molar-refractivity contribution in [2.75, 3.05) is 0 Å². The number of hydrogen-bond donors (Lipinski definition) is 1. The molecule has 2 aliphatic rings. The summed E-state index contributed by atoms with van der Waals surface area (Å²) in [6, 6.07) is 10.0. The van der Waals surface area contributed by atoms with Crippen molar-refractivity contribution in [3.05, 3.63) is 52.9 Å². The number of aliphatic imine (C=N–C) groups is 1. The second-order valence-corrected chi connectivity index (χ2v) is 7.18. The minimum absolute atomic E-state index is 0.151. The molecule has 2 fully saturated rings. The molecule has 4 rings (SSSR count). The van der Waals surface area contributed by atoms with E-state index in [1.165, 1.54) is 36.7 Å². The average Bonchev–Trinajstić information content (AvgIpc) is 3.32. The van der Waals surface area contributed by atoms with Gasteiger partial charge in [0.25, 0.3) is 5.91 Å². The van der Waals surface area contributed by atoms with Crippen molar-refractivity contribution < 1.29 is 13.6 Å². The number of amidine groups is 1. The fourth-order valence-corrected chi connectivity index (χ4v) is 3.89. The monoisotopic (exact) mass is 356 g/mol. The van der Waals surface area contributed by atoms with Crippen LogP contribution >= 0.6 is 11.8 Å². The molecule has 4 nitrogen and oxygen atoms in total. The van der Waals surface area contributed by atoms with Crippen molar-refractivity contribution in [2.24, 2.45) is 4.99 Å². The number of halogens is 1. The maximum Gasteiger partial charge on any atom is 0.264 e. The SMILES string of the molecule is O=C1NC(=NC2CCCC2)SC1=Cc1ccc(-c2ccc(F)cc2)o1. The number of nitrogens with zero attached hydrogens (tertiary/aromatic N) is 1. The molecule has 1 saturated carbocycles. The Hall–Kier alpha value is -2.34. The number of nitrogens with one attached hydrogen (secondary N) is 1. The van der Waals surface area contributed by atoms with Crippen molar-refractivity contribution in [3.63, 3.8) is 0 Å². The summed E-state index contributed by atoms with van der Waals surface area (Å²) in [6.07, 6.45) is 6.32. The van der Waals surface area contributed by atoms with Crippen molar-refractivity contribution in [1.29, 1.82) is 0 Å². The molecule has 1 N–H and O–H groups in total. The Balaban J connectivity index is 1.51. The Bertz CT molecular complexity index is 849. The van der Waals surface area contributed by atoms with Gasteiger partial charge in [-0.2, -0.15) is 0 Å². The number of rotatable bonds is 3. The molecule has 1 aliphatic heterocycles. The van der Waals surface area contributed by atoms with Crippen LogP contribution in [0.2, 0.25) is 0 Å².